The molecule has 0 unspecified atom stereocenters. The summed E-state index contributed by atoms with van der Waals surface area (Å²) in [7, 11) is 0. The third-order valence-electron chi connectivity index (χ3n) is 4.55. The second kappa shape index (κ2) is 9.08. The smallest absolute Gasteiger partial charge is 0.325 e. The van der Waals surface area contributed by atoms with Crippen LogP contribution in [0, 0.1) is 5.82 Å². The van der Waals surface area contributed by atoms with E-state index in [1.807, 2.05) is 30.3 Å². The number of rotatable bonds is 7. The van der Waals surface area contributed by atoms with Crippen LogP contribution in [0.4, 0.5) is 4.39 Å². The van der Waals surface area contributed by atoms with Gasteiger partial charge in [-0.1, -0.05) is 42.5 Å². The number of nitrogens with one attached hydrogen (secondary N) is 1. The van der Waals surface area contributed by atoms with Crippen molar-refractivity contribution in [2.75, 3.05) is 6.54 Å². The zero-order valence-electron chi connectivity index (χ0n) is 16.4. The lowest BCUT2D eigenvalue weighted by atomic mass is 10.2. The highest BCUT2D eigenvalue weighted by atomic mass is 19.1. The second-order valence-corrected chi connectivity index (χ2v) is 6.66. The highest BCUT2D eigenvalue weighted by Crippen LogP contribution is 2.21. The first kappa shape index (κ1) is 20.1. The number of ether oxygens (including phenoxy) is 1. The van der Waals surface area contributed by atoms with Crippen molar-refractivity contribution in [3.8, 4) is 11.5 Å². The van der Waals surface area contributed by atoms with Gasteiger partial charge in [0.2, 0.25) is 0 Å². The minimum atomic E-state index is -0.568. The Hall–Kier alpha value is -4.20. The molecular weight excluding hydrogens is 399 g/mol. The summed E-state index contributed by atoms with van der Waals surface area (Å²) in [5, 5.41) is 6.75. The minimum absolute atomic E-state index is 0.120. The van der Waals surface area contributed by atoms with E-state index in [4.69, 9.17) is 4.74 Å². The Bertz CT molecular complexity index is 1190. The predicted octanol–water partition coefficient (Wildman–Crippen LogP) is 3.28. The van der Waals surface area contributed by atoms with Crippen molar-refractivity contribution >= 4 is 11.9 Å². The molecule has 0 saturated carbocycles. The first-order chi connectivity index (χ1) is 15.1. The van der Waals surface area contributed by atoms with E-state index in [9.17, 15) is 14.0 Å². The summed E-state index contributed by atoms with van der Waals surface area (Å²) < 4.78 is 22.5. The highest BCUT2D eigenvalue weighted by molar-refractivity contribution is 5.98. The number of amides is 1. The Labute approximate surface area is 177 Å². The Balaban J connectivity index is 1.50. The van der Waals surface area contributed by atoms with Gasteiger partial charge in [0.05, 0.1) is 6.20 Å². The summed E-state index contributed by atoms with van der Waals surface area (Å²) in [6, 6.07) is 18.9. The van der Waals surface area contributed by atoms with Gasteiger partial charge in [0.1, 0.15) is 30.2 Å². The van der Waals surface area contributed by atoms with Crippen LogP contribution in [0.5, 0.6) is 0 Å². The largest absolute Gasteiger partial charge is 0.460 e. The average molecular weight is 418 g/mol. The summed E-state index contributed by atoms with van der Waals surface area (Å²) >= 11 is 0. The Morgan fingerprint density at radius 3 is 2.42 bits per heavy atom. The summed E-state index contributed by atoms with van der Waals surface area (Å²) in [6.07, 6.45) is 4.78. The molecule has 4 aromatic rings. The zero-order chi connectivity index (χ0) is 21.6. The third-order valence-corrected chi connectivity index (χ3v) is 4.55. The van der Waals surface area contributed by atoms with Crippen LogP contribution in [0.1, 0.15) is 15.9 Å². The third kappa shape index (κ3) is 4.53. The van der Waals surface area contributed by atoms with Crippen molar-refractivity contribution in [3.05, 3.63) is 102 Å². The Morgan fingerprint density at radius 2 is 1.68 bits per heavy atom. The molecule has 0 bridgehead atoms. The molecular formula is C23H19FN4O3. The molecule has 1 N–H and O–H groups in total. The fourth-order valence-electron chi connectivity index (χ4n) is 3.06. The quantitative estimate of drug-likeness (QED) is 0.467. The van der Waals surface area contributed by atoms with Gasteiger partial charge in [-0.3, -0.25) is 9.59 Å². The monoisotopic (exact) mass is 418 g/mol. The standard InChI is InChI=1S/C23H19FN4O3/c24-19-10-4-5-11-20(19)28-23(27-12-6-7-13-27)18(14-26-28)22(30)25-15-21(29)31-16-17-8-2-1-3-9-17/h1-14H,15-16H2,(H,25,30). The molecule has 0 saturated heterocycles. The van der Waals surface area contributed by atoms with Crippen LogP contribution in [-0.4, -0.2) is 32.8 Å². The van der Waals surface area contributed by atoms with Crippen LogP contribution in [-0.2, 0) is 16.1 Å². The first-order valence-electron chi connectivity index (χ1n) is 9.57. The number of nitrogens with zero attached hydrogens (tertiary/aromatic N) is 3. The van der Waals surface area contributed by atoms with Crippen LogP contribution in [0.15, 0.2) is 85.3 Å². The predicted molar refractivity (Wildman–Crippen MR) is 111 cm³/mol. The van der Waals surface area contributed by atoms with Gasteiger partial charge < -0.3 is 14.6 Å². The van der Waals surface area contributed by atoms with Crippen LogP contribution < -0.4 is 5.32 Å². The molecule has 156 valence electrons. The van der Waals surface area contributed by atoms with Gasteiger partial charge in [-0.25, -0.2) is 9.07 Å². The molecule has 0 radical (unpaired) electrons. The van der Waals surface area contributed by atoms with Gasteiger partial charge in [-0.15, -0.1) is 0 Å². The normalized spacial score (nSPS) is 10.6. The van der Waals surface area contributed by atoms with Crippen molar-refractivity contribution in [2.24, 2.45) is 0 Å². The van der Waals surface area contributed by atoms with Crippen LogP contribution in [0.3, 0.4) is 0 Å². The van der Waals surface area contributed by atoms with Gasteiger partial charge in [0.25, 0.3) is 5.91 Å². The number of esters is 1. The lowest BCUT2D eigenvalue weighted by Gasteiger charge is -2.12. The van der Waals surface area contributed by atoms with Crippen LogP contribution >= 0.6 is 0 Å². The van der Waals surface area contributed by atoms with Crippen molar-refractivity contribution in [1.82, 2.24) is 19.7 Å². The molecule has 2 heterocycles. The minimum Gasteiger partial charge on any atom is -0.460 e. The molecule has 0 fully saturated rings. The van der Waals surface area contributed by atoms with E-state index in [0.29, 0.717) is 5.82 Å². The van der Waals surface area contributed by atoms with Crippen molar-refractivity contribution in [3.63, 3.8) is 0 Å². The summed E-state index contributed by atoms with van der Waals surface area (Å²) in [4.78, 5) is 24.8. The molecule has 0 spiro atoms. The number of carbonyl (C=O) groups excluding carboxylic acids is 2. The van der Waals surface area contributed by atoms with Gasteiger partial charge in [-0.2, -0.15) is 5.10 Å². The van der Waals surface area contributed by atoms with Crippen molar-refractivity contribution in [1.29, 1.82) is 0 Å². The summed E-state index contributed by atoms with van der Waals surface area (Å²) in [5.74, 6) is -1.22. The van der Waals surface area contributed by atoms with Gasteiger partial charge in [0, 0.05) is 12.4 Å². The number of halogens is 1. The molecule has 2 aromatic carbocycles. The Morgan fingerprint density at radius 1 is 0.968 bits per heavy atom. The van der Waals surface area contributed by atoms with Crippen LogP contribution in [0.25, 0.3) is 11.5 Å². The van der Waals surface area contributed by atoms with Crippen LogP contribution in [0.2, 0.25) is 0 Å². The fourth-order valence-corrected chi connectivity index (χ4v) is 3.06. The molecule has 1 amide bonds. The topological polar surface area (TPSA) is 78.2 Å². The molecule has 0 aliphatic rings. The Kier molecular flexibility index (Phi) is 5.89. The maximum Gasteiger partial charge on any atom is 0.325 e. The van der Waals surface area contributed by atoms with E-state index < -0.39 is 17.7 Å². The summed E-state index contributed by atoms with van der Waals surface area (Å²) in [6.45, 7) is -0.183. The molecule has 0 aliphatic heterocycles. The van der Waals surface area contributed by atoms with E-state index >= 15 is 0 Å². The van der Waals surface area contributed by atoms with Crippen molar-refractivity contribution < 1.29 is 18.7 Å². The number of aromatic nitrogens is 3. The molecule has 4 rings (SSSR count). The number of carbonyl (C=O) groups is 2. The lowest BCUT2D eigenvalue weighted by Crippen LogP contribution is -2.31. The van der Waals surface area contributed by atoms with E-state index in [2.05, 4.69) is 10.4 Å². The number of benzene rings is 2. The molecule has 7 nitrogen and oxygen atoms in total. The summed E-state index contributed by atoms with van der Waals surface area (Å²) in [5.41, 5.74) is 1.24. The second-order valence-electron chi connectivity index (χ2n) is 6.66. The molecule has 2 aromatic heterocycles. The molecule has 0 atom stereocenters. The van der Waals surface area contributed by atoms with E-state index in [1.165, 1.54) is 16.9 Å². The van der Waals surface area contributed by atoms with Gasteiger partial charge in [0.15, 0.2) is 5.82 Å². The van der Waals surface area contributed by atoms with E-state index in [-0.39, 0.29) is 24.4 Å². The average Bonchev–Trinajstić information content (AvgIpc) is 3.47. The zero-order valence-corrected chi connectivity index (χ0v) is 16.4. The maximum absolute atomic E-state index is 14.4. The number of hydrogen-bond acceptors (Lipinski definition) is 4. The molecule has 0 aliphatic carbocycles. The van der Waals surface area contributed by atoms with Gasteiger partial charge in [-0.05, 0) is 29.8 Å². The highest BCUT2D eigenvalue weighted by Gasteiger charge is 2.21. The first-order valence-corrected chi connectivity index (χ1v) is 9.57. The molecule has 8 heteroatoms. The van der Waals surface area contributed by atoms with E-state index in [1.54, 1.807) is 47.3 Å². The fraction of sp³-hybridized carbons (Fsp3) is 0.0870. The molecule has 31 heavy (non-hydrogen) atoms. The number of para-hydroxylation sites is 1. The van der Waals surface area contributed by atoms with Crippen molar-refractivity contribution in [2.45, 2.75) is 6.61 Å². The lowest BCUT2D eigenvalue weighted by molar-refractivity contribution is -0.143. The maximum atomic E-state index is 14.4. The number of hydrogen-bond donors (Lipinski definition) is 1. The SMILES string of the molecule is O=C(CNC(=O)c1cnn(-c2ccccc2F)c1-n1cccc1)OCc1ccccc1. The van der Waals surface area contributed by atoms with E-state index in [0.717, 1.165) is 5.56 Å². The van der Waals surface area contributed by atoms with Gasteiger partial charge >= 0.3 is 5.97 Å².